The zero-order valence-electron chi connectivity index (χ0n) is 11.2. The molecule has 1 saturated heterocycles. The van der Waals surface area contributed by atoms with E-state index < -0.39 is 0 Å². The molecule has 2 atom stereocenters. The number of carbonyl (C=O) groups excluding carboxylic acids is 2. The molecule has 2 unspecified atom stereocenters. The molecule has 1 aromatic carbocycles. The largest absolute Gasteiger partial charge is 0.355 e. The first-order valence-electron chi connectivity index (χ1n) is 6.82. The van der Waals surface area contributed by atoms with Crippen LogP contribution in [0.2, 0.25) is 0 Å². The van der Waals surface area contributed by atoms with E-state index in [1.165, 1.54) is 0 Å². The summed E-state index contributed by atoms with van der Waals surface area (Å²) in [4.78, 5) is 23.3. The zero-order valence-corrected chi connectivity index (χ0v) is 11.2. The van der Waals surface area contributed by atoms with Crippen molar-refractivity contribution in [3.05, 3.63) is 35.9 Å². The fourth-order valence-electron chi connectivity index (χ4n) is 2.38. The quantitative estimate of drug-likeness (QED) is 0.848. The zero-order chi connectivity index (χ0) is 13.7. The van der Waals surface area contributed by atoms with Gasteiger partial charge in [0.25, 0.3) is 0 Å². The Morgan fingerprint density at radius 3 is 2.74 bits per heavy atom. The van der Waals surface area contributed by atoms with Gasteiger partial charge in [0.2, 0.25) is 11.8 Å². The van der Waals surface area contributed by atoms with Crippen molar-refractivity contribution in [3.8, 4) is 0 Å². The van der Waals surface area contributed by atoms with Crippen molar-refractivity contribution in [2.45, 2.75) is 32.2 Å². The molecule has 1 aromatic rings. The van der Waals surface area contributed by atoms with Crippen LogP contribution in [0, 0.1) is 5.92 Å². The van der Waals surface area contributed by atoms with Crippen molar-refractivity contribution in [2.24, 2.45) is 5.92 Å². The van der Waals surface area contributed by atoms with E-state index in [4.69, 9.17) is 0 Å². The summed E-state index contributed by atoms with van der Waals surface area (Å²) in [6.07, 6.45) is 2.21. The van der Waals surface area contributed by atoms with Gasteiger partial charge >= 0.3 is 0 Å². The average Bonchev–Trinajstić information content (AvgIpc) is 2.86. The highest BCUT2D eigenvalue weighted by molar-refractivity contribution is 5.89. The molecule has 0 aromatic heterocycles. The number of nitrogens with one attached hydrogen (secondary N) is 2. The van der Waals surface area contributed by atoms with E-state index in [-0.39, 0.29) is 23.8 Å². The number of benzene rings is 1. The minimum atomic E-state index is -0.226. The molecule has 0 spiro atoms. The third kappa shape index (κ3) is 3.56. The lowest BCUT2D eigenvalue weighted by molar-refractivity contribution is -0.127. The maximum atomic E-state index is 12.1. The van der Waals surface area contributed by atoms with Gasteiger partial charge in [-0.25, -0.2) is 0 Å². The lowest BCUT2D eigenvalue weighted by Crippen LogP contribution is -2.34. The third-order valence-electron chi connectivity index (χ3n) is 3.44. The lowest BCUT2D eigenvalue weighted by atomic mass is 10.0. The van der Waals surface area contributed by atoms with Crippen molar-refractivity contribution in [1.82, 2.24) is 10.6 Å². The van der Waals surface area contributed by atoms with Crippen molar-refractivity contribution >= 4 is 11.8 Å². The van der Waals surface area contributed by atoms with Gasteiger partial charge in [0.05, 0.1) is 12.0 Å². The second-order valence-corrected chi connectivity index (χ2v) is 4.97. The highest BCUT2D eigenvalue weighted by atomic mass is 16.2. The van der Waals surface area contributed by atoms with Crippen LogP contribution < -0.4 is 10.6 Å². The molecule has 0 radical (unpaired) electrons. The van der Waals surface area contributed by atoms with Crippen LogP contribution in [0.3, 0.4) is 0 Å². The van der Waals surface area contributed by atoms with Crippen molar-refractivity contribution in [3.63, 3.8) is 0 Å². The summed E-state index contributed by atoms with van der Waals surface area (Å²) >= 11 is 0. The Hall–Kier alpha value is -1.84. The van der Waals surface area contributed by atoms with Crippen LogP contribution in [0.5, 0.6) is 0 Å². The molecule has 0 bridgehead atoms. The fraction of sp³-hybridized carbons (Fsp3) is 0.467. The summed E-state index contributed by atoms with van der Waals surface area (Å²) in [6, 6.07) is 10.0. The Balaban J connectivity index is 2.00. The van der Waals surface area contributed by atoms with Crippen LogP contribution in [-0.4, -0.2) is 18.4 Å². The van der Waals surface area contributed by atoms with E-state index in [2.05, 4.69) is 17.6 Å². The minimum Gasteiger partial charge on any atom is -0.355 e. The first-order valence-corrected chi connectivity index (χ1v) is 6.82. The maximum Gasteiger partial charge on any atom is 0.225 e. The third-order valence-corrected chi connectivity index (χ3v) is 3.44. The van der Waals surface area contributed by atoms with Gasteiger partial charge in [-0.1, -0.05) is 43.7 Å². The maximum absolute atomic E-state index is 12.1. The summed E-state index contributed by atoms with van der Waals surface area (Å²) in [5, 5.41) is 5.76. The molecule has 4 heteroatoms. The van der Waals surface area contributed by atoms with E-state index in [9.17, 15) is 9.59 Å². The number of rotatable bonds is 5. The van der Waals surface area contributed by atoms with Gasteiger partial charge in [-0.05, 0) is 12.0 Å². The molecular formula is C15H20N2O2. The van der Waals surface area contributed by atoms with E-state index in [1.54, 1.807) is 0 Å². The molecule has 1 fully saturated rings. The predicted molar refractivity (Wildman–Crippen MR) is 73.4 cm³/mol. The Kier molecular flexibility index (Phi) is 4.55. The molecule has 4 nitrogen and oxygen atoms in total. The molecule has 2 rings (SSSR count). The molecule has 1 heterocycles. The van der Waals surface area contributed by atoms with Crippen molar-refractivity contribution in [1.29, 1.82) is 0 Å². The SMILES string of the molecule is CCCC(NC(=O)C1CNC(=O)C1)c1ccccc1. The molecule has 2 amide bonds. The summed E-state index contributed by atoms with van der Waals surface area (Å²) in [6.45, 7) is 2.56. The molecule has 1 aliphatic rings. The van der Waals surface area contributed by atoms with Crippen molar-refractivity contribution in [2.75, 3.05) is 6.54 Å². The minimum absolute atomic E-state index is 0.0272. The topological polar surface area (TPSA) is 58.2 Å². The molecular weight excluding hydrogens is 240 g/mol. The van der Waals surface area contributed by atoms with Gasteiger partial charge < -0.3 is 10.6 Å². The Morgan fingerprint density at radius 2 is 2.16 bits per heavy atom. The number of amides is 2. The van der Waals surface area contributed by atoms with E-state index in [1.807, 2.05) is 30.3 Å². The fourth-order valence-corrected chi connectivity index (χ4v) is 2.38. The number of hydrogen-bond donors (Lipinski definition) is 2. The normalized spacial score (nSPS) is 19.8. The van der Waals surface area contributed by atoms with E-state index in [0.717, 1.165) is 18.4 Å². The van der Waals surface area contributed by atoms with Gasteiger partial charge in [-0.2, -0.15) is 0 Å². The first kappa shape index (κ1) is 13.6. The van der Waals surface area contributed by atoms with Crippen LogP contribution in [0.4, 0.5) is 0 Å². The molecule has 0 aliphatic carbocycles. The Labute approximate surface area is 113 Å². The molecule has 1 aliphatic heterocycles. The summed E-state index contributed by atoms with van der Waals surface area (Å²) in [5.74, 6) is -0.289. The summed E-state index contributed by atoms with van der Waals surface area (Å²) in [7, 11) is 0. The molecule has 102 valence electrons. The van der Waals surface area contributed by atoms with Crippen LogP contribution in [0.15, 0.2) is 30.3 Å². The standard InChI is InChI=1S/C15H20N2O2/c1-2-6-13(11-7-4-3-5-8-11)17-15(19)12-9-14(18)16-10-12/h3-5,7-8,12-13H,2,6,9-10H2,1H3,(H,16,18)(H,17,19). The predicted octanol–water partition coefficient (Wildman–Crippen LogP) is 1.78. The summed E-state index contributed by atoms with van der Waals surface area (Å²) in [5.41, 5.74) is 1.12. The molecule has 2 N–H and O–H groups in total. The smallest absolute Gasteiger partial charge is 0.225 e. The van der Waals surface area contributed by atoms with Gasteiger partial charge in [-0.3, -0.25) is 9.59 Å². The average molecular weight is 260 g/mol. The molecule has 19 heavy (non-hydrogen) atoms. The van der Waals surface area contributed by atoms with Gasteiger partial charge in [0.1, 0.15) is 0 Å². The van der Waals surface area contributed by atoms with Crippen LogP contribution in [-0.2, 0) is 9.59 Å². The van der Waals surface area contributed by atoms with Gasteiger partial charge in [0, 0.05) is 13.0 Å². The van der Waals surface area contributed by atoms with Crippen molar-refractivity contribution < 1.29 is 9.59 Å². The first-order chi connectivity index (χ1) is 9.20. The van der Waals surface area contributed by atoms with Gasteiger partial charge in [-0.15, -0.1) is 0 Å². The highest BCUT2D eigenvalue weighted by Gasteiger charge is 2.29. The Bertz CT molecular complexity index is 445. The van der Waals surface area contributed by atoms with Gasteiger partial charge in [0.15, 0.2) is 0 Å². The molecule has 0 saturated carbocycles. The lowest BCUT2D eigenvalue weighted by Gasteiger charge is -2.20. The van der Waals surface area contributed by atoms with E-state index >= 15 is 0 Å². The number of carbonyl (C=O) groups is 2. The monoisotopic (exact) mass is 260 g/mol. The van der Waals surface area contributed by atoms with E-state index in [0.29, 0.717) is 13.0 Å². The second kappa shape index (κ2) is 6.36. The second-order valence-electron chi connectivity index (χ2n) is 4.97. The van der Waals surface area contributed by atoms with Crippen LogP contribution in [0.1, 0.15) is 37.8 Å². The summed E-state index contributed by atoms with van der Waals surface area (Å²) < 4.78 is 0. The van der Waals surface area contributed by atoms with Crippen LogP contribution in [0.25, 0.3) is 0 Å². The van der Waals surface area contributed by atoms with Crippen LogP contribution >= 0.6 is 0 Å². The highest BCUT2D eigenvalue weighted by Crippen LogP contribution is 2.19. The number of hydrogen-bond acceptors (Lipinski definition) is 2. The Morgan fingerprint density at radius 1 is 1.42 bits per heavy atom.